The van der Waals surface area contributed by atoms with Crippen LogP contribution in [0, 0.1) is 0 Å². The van der Waals surface area contributed by atoms with E-state index in [1.54, 1.807) is 0 Å². The molecule has 1 rings (SSSR count). The predicted molar refractivity (Wildman–Crippen MR) is 54.2 cm³/mol. The molecule has 72 valence electrons. The van der Waals surface area contributed by atoms with Crippen LogP contribution >= 0.6 is 0 Å². The minimum absolute atomic E-state index is 1.36. The van der Waals surface area contributed by atoms with Crippen molar-refractivity contribution in [3.8, 4) is 0 Å². The molecule has 0 aromatic rings. The smallest absolute Gasteiger partial charge is 0.0786 e. The first-order chi connectivity index (χ1) is 5.83. The Labute approximate surface area is 77.4 Å². The van der Waals surface area contributed by atoms with Crippen LogP contribution in [0.3, 0.4) is 0 Å². The Morgan fingerprint density at radius 3 is 2.17 bits per heavy atom. The molecule has 0 N–H and O–H groups in total. The second-order valence-corrected chi connectivity index (χ2v) is 4.24. The summed E-state index contributed by atoms with van der Waals surface area (Å²) < 4.78 is 1.42. The third kappa shape index (κ3) is 2.48. The largest absolute Gasteiger partial charge is 0.324 e. The minimum atomic E-state index is 1.36. The number of quaternary nitrogens is 1. The molecule has 12 heavy (non-hydrogen) atoms. The van der Waals surface area contributed by atoms with Crippen LogP contribution in [-0.4, -0.2) is 30.7 Å². The summed E-state index contributed by atoms with van der Waals surface area (Å²) in [5.41, 5.74) is 0. The van der Waals surface area contributed by atoms with E-state index in [4.69, 9.17) is 0 Å². The van der Waals surface area contributed by atoms with E-state index in [0.717, 1.165) is 0 Å². The fraction of sp³-hybridized carbons (Fsp3) is 1.00. The van der Waals surface area contributed by atoms with Crippen molar-refractivity contribution >= 4 is 0 Å². The second-order valence-electron chi connectivity index (χ2n) is 4.24. The summed E-state index contributed by atoms with van der Waals surface area (Å²) in [6.45, 7) is 10.4. The Morgan fingerprint density at radius 2 is 1.67 bits per heavy atom. The van der Waals surface area contributed by atoms with Crippen molar-refractivity contribution in [2.75, 3.05) is 26.2 Å². The first-order valence-corrected chi connectivity index (χ1v) is 5.68. The van der Waals surface area contributed by atoms with E-state index in [1.807, 2.05) is 0 Å². The minimum Gasteiger partial charge on any atom is -0.324 e. The lowest BCUT2D eigenvalue weighted by Crippen LogP contribution is -2.51. The van der Waals surface area contributed by atoms with Gasteiger partial charge in [-0.25, -0.2) is 0 Å². The van der Waals surface area contributed by atoms with Gasteiger partial charge in [0, 0.05) is 0 Å². The van der Waals surface area contributed by atoms with Crippen molar-refractivity contribution in [2.24, 2.45) is 0 Å². The first kappa shape index (κ1) is 10.0. The quantitative estimate of drug-likeness (QED) is 0.569. The van der Waals surface area contributed by atoms with Gasteiger partial charge in [-0.05, 0) is 32.6 Å². The molecule has 0 unspecified atom stereocenters. The monoisotopic (exact) mass is 170 g/mol. The van der Waals surface area contributed by atoms with Gasteiger partial charge in [0.15, 0.2) is 0 Å². The van der Waals surface area contributed by atoms with Crippen LogP contribution in [0.1, 0.15) is 46.0 Å². The summed E-state index contributed by atoms with van der Waals surface area (Å²) >= 11 is 0. The Balaban J connectivity index is 2.37. The van der Waals surface area contributed by atoms with Crippen LogP contribution in [0.15, 0.2) is 0 Å². The van der Waals surface area contributed by atoms with Gasteiger partial charge in [0.05, 0.1) is 26.2 Å². The molecular formula is C11H24N+. The molecule has 0 amide bonds. The van der Waals surface area contributed by atoms with E-state index in [-0.39, 0.29) is 0 Å². The molecule has 0 aliphatic carbocycles. The lowest BCUT2D eigenvalue weighted by molar-refractivity contribution is -0.931. The van der Waals surface area contributed by atoms with E-state index in [0.29, 0.717) is 0 Å². The number of likely N-dealkylation sites (tertiary alicyclic amines) is 1. The summed E-state index contributed by atoms with van der Waals surface area (Å²) in [4.78, 5) is 0. The molecule has 0 atom stereocenters. The summed E-state index contributed by atoms with van der Waals surface area (Å²) in [6.07, 6.45) is 7.20. The third-order valence-electron chi connectivity index (χ3n) is 3.42. The molecule has 0 bridgehead atoms. The van der Waals surface area contributed by atoms with Crippen molar-refractivity contribution in [1.29, 1.82) is 0 Å². The topological polar surface area (TPSA) is 0 Å². The van der Waals surface area contributed by atoms with Crippen LogP contribution in [0.25, 0.3) is 0 Å². The van der Waals surface area contributed by atoms with Crippen LogP contribution in [-0.2, 0) is 0 Å². The number of rotatable bonds is 4. The maximum atomic E-state index is 2.36. The molecule has 0 aromatic heterocycles. The molecule has 1 heteroatoms. The van der Waals surface area contributed by atoms with Crippen molar-refractivity contribution < 1.29 is 4.48 Å². The highest BCUT2D eigenvalue weighted by atomic mass is 15.3. The average Bonchev–Trinajstić information content (AvgIpc) is 2.16. The molecule has 0 spiro atoms. The molecule has 1 saturated heterocycles. The molecule has 0 saturated carbocycles. The molecule has 1 nitrogen and oxygen atoms in total. The van der Waals surface area contributed by atoms with Gasteiger partial charge in [0.1, 0.15) is 0 Å². The van der Waals surface area contributed by atoms with E-state index in [1.165, 1.54) is 62.8 Å². The summed E-state index contributed by atoms with van der Waals surface area (Å²) in [6, 6.07) is 0. The number of unbranched alkanes of at least 4 members (excludes halogenated alkanes) is 1. The average molecular weight is 170 g/mol. The van der Waals surface area contributed by atoms with E-state index in [9.17, 15) is 0 Å². The highest BCUT2D eigenvalue weighted by Gasteiger charge is 2.26. The molecule has 0 radical (unpaired) electrons. The van der Waals surface area contributed by atoms with Crippen molar-refractivity contribution in [3.05, 3.63) is 0 Å². The van der Waals surface area contributed by atoms with Crippen molar-refractivity contribution in [1.82, 2.24) is 0 Å². The van der Waals surface area contributed by atoms with Gasteiger partial charge in [-0.1, -0.05) is 13.3 Å². The Bertz CT molecular complexity index is 114. The summed E-state index contributed by atoms with van der Waals surface area (Å²) in [5, 5.41) is 0. The van der Waals surface area contributed by atoms with Gasteiger partial charge in [-0.15, -0.1) is 0 Å². The molecule has 1 fully saturated rings. The molecule has 0 aromatic carbocycles. The molecule has 1 aliphatic rings. The summed E-state index contributed by atoms with van der Waals surface area (Å²) in [7, 11) is 0. The third-order valence-corrected chi connectivity index (χ3v) is 3.42. The number of nitrogens with zero attached hydrogens (tertiary/aromatic N) is 1. The van der Waals surface area contributed by atoms with E-state index < -0.39 is 0 Å². The molecule has 1 aliphatic heterocycles. The highest BCUT2D eigenvalue weighted by Crippen LogP contribution is 2.19. The fourth-order valence-corrected chi connectivity index (χ4v) is 2.37. The standard InChI is InChI=1S/C11H24N/c1-3-5-9-12(4-2)10-7-6-8-11-12/h3-11H2,1-2H3/q+1. The second kappa shape index (κ2) is 4.86. The van der Waals surface area contributed by atoms with Gasteiger partial charge < -0.3 is 4.48 Å². The van der Waals surface area contributed by atoms with E-state index >= 15 is 0 Å². The van der Waals surface area contributed by atoms with Crippen LogP contribution in [0.5, 0.6) is 0 Å². The zero-order valence-electron chi connectivity index (χ0n) is 8.81. The lowest BCUT2D eigenvalue weighted by Gasteiger charge is -2.40. The first-order valence-electron chi connectivity index (χ1n) is 5.68. The van der Waals surface area contributed by atoms with Crippen molar-refractivity contribution in [2.45, 2.75) is 46.0 Å². The van der Waals surface area contributed by atoms with Gasteiger partial charge in [-0.3, -0.25) is 0 Å². The normalized spacial score (nSPS) is 22.5. The highest BCUT2D eigenvalue weighted by molar-refractivity contribution is 4.53. The SMILES string of the molecule is CCCC[N+]1(CC)CCCCC1. The van der Waals surface area contributed by atoms with Gasteiger partial charge in [-0.2, -0.15) is 0 Å². The zero-order valence-corrected chi connectivity index (χ0v) is 8.81. The number of hydrogen-bond acceptors (Lipinski definition) is 0. The number of piperidine rings is 1. The van der Waals surface area contributed by atoms with Crippen LogP contribution < -0.4 is 0 Å². The van der Waals surface area contributed by atoms with Gasteiger partial charge >= 0.3 is 0 Å². The zero-order chi connectivity index (χ0) is 8.86. The maximum Gasteiger partial charge on any atom is 0.0786 e. The van der Waals surface area contributed by atoms with Crippen LogP contribution in [0.2, 0.25) is 0 Å². The molecule has 1 heterocycles. The van der Waals surface area contributed by atoms with Crippen LogP contribution in [0.4, 0.5) is 0 Å². The number of hydrogen-bond donors (Lipinski definition) is 0. The maximum absolute atomic E-state index is 2.36. The Kier molecular flexibility index (Phi) is 4.07. The van der Waals surface area contributed by atoms with Gasteiger partial charge in [0.25, 0.3) is 0 Å². The van der Waals surface area contributed by atoms with E-state index in [2.05, 4.69) is 13.8 Å². The predicted octanol–water partition coefficient (Wildman–Crippen LogP) is 2.81. The Morgan fingerprint density at radius 1 is 1.00 bits per heavy atom. The van der Waals surface area contributed by atoms with Crippen molar-refractivity contribution in [3.63, 3.8) is 0 Å². The van der Waals surface area contributed by atoms with Gasteiger partial charge in [0.2, 0.25) is 0 Å². The molecular weight excluding hydrogens is 146 g/mol. The fourth-order valence-electron chi connectivity index (χ4n) is 2.37. The Hall–Kier alpha value is -0.0400. The summed E-state index contributed by atoms with van der Waals surface area (Å²) in [5.74, 6) is 0. The lowest BCUT2D eigenvalue weighted by atomic mass is 10.1.